The second kappa shape index (κ2) is 9.15. The monoisotopic (exact) mass is 272 g/mol. The largest absolute Gasteiger partial charge is 0.396 e. The lowest BCUT2D eigenvalue weighted by Crippen LogP contribution is -2.47. The zero-order valence-electron chi connectivity index (χ0n) is 12.2. The molecule has 0 aromatic rings. The van der Waals surface area contributed by atoms with Gasteiger partial charge in [0.25, 0.3) is 0 Å². The molecule has 1 unspecified atom stereocenters. The van der Waals surface area contributed by atoms with Crippen molar-refractivity contribution >= 4 is 6.03 Å². The van der Waals surface area contributed by atoms with Gasteiger partial charge in [-0.1, -0.05) is 0 Å². The van der Waals surface area contributed by atoms with Gasteiger partial charge in [0.05, 0.1) is 0 Å². The van der Waals surface area contributed by atoms with Gasteiger partial charge in [-0.25, -0.2) is 4.79 Å². The Balaban J connectivity index is 2.21. The summed E-state index contributed by atoms with van der Waals surface area (Å²) in [6, 6.07) is 0.154. The molecule has 1 atom stereocenters. The van der Waals surface area contributed by atoms with Gasteiger partial charge in [-0.3, -0.25) is 0 Å². The van der Waals surface area contributed by atoms with E-state index in [4.69, 9.17) is 9.84 Å². The molecule has 1 aliphatic heterocycles. The Morgan fingerprint density at radius 3 is 2.74 bits per heavy atom. The Labute approximate surface area is 116 Å². The van der Waals surface area contributed by atoms with Crippen molar-refractivity contribution in [2.24, 2.45) is 5.92 Å². The van der Waals surface area contributed by atoms with E-state index in [-0.39, 0.29) is 18.7 Å². The van der Waals surface area contributed by atoms with Gasteiger partial charge in [-0.15, -0.1) is 0 Å². The van der Waals surface area contributed by atoms with Gasteiger partial charge in [0, 0.05) is 39.0 Å². The number of piperidine rings is 1. The third-order valence-corrected chi connectivity index (χ3v) is 3.62. The summed E-state index contributed by atoms with van der Waals surface area (Å²) in [5.74, 6) is 0.593. The topological polar surface area (TPSA) is 61.8 Å². The summed E-state index contributed by atoms with van der Waals surface area (Å²) in [6.07, 6.45) is 3.61. The summed E-state index contributed by atoms with van der Waals surface area (Å²) in [7, 11) is 0. The van der Waals surface area contributed by atoms with E-state index >= 15 is 0 Å². The van der Waals surface area contributed by atoms with Crippen LogP contribution in [0.15, 0.2) is 0 Å². The van der Waals surface area contributed by atoms with E-state index < -0.39 is 0 Å². The number of hydrogen-bond acceptors (Lipinski definition) is 3. The number of hydrogen-bond donors (Lipinski definition) is 2. The molecule has 5 nitrogen and oxygen atoms in total. The molecule has 0 radical (unpaired) electrons. The Hall–Kier alpha value is -0.810. The fourth-order valence-electron chi connectivity index (χ4n) is 2.36. The van der Waals surface area contributed by atoms with Crippen molar-refractivity contribution in [1.82, 2.24) is 10.2 Å². The number of ether oxygens (including phenoxy) is 1. The van der Waals surface area contributed by atoms with Crippen molar-refractivity contribution < 1.29 is 14.6 Å². The number of amides is 2. The Morgan fingerprint density at radius 2 is 2.16 bits per heavy atom. The smallest absolute Gasteiger partial charge is 0.317 e. The number of likely N-dealkylation sites (tertiary alicyclic amines) is 1. The molecule has 0 spiro atoms. The molecule has 112 valence electrons. The number of carbonyl (C=O) groups is 1. The molecule has 0 saturated carbocycles. The second-order valence-electron chi connectivity index (χ2n) is 5.31. The van der Waals surface area contributed by atoms with Crippen LogP contribution < -0.4 is 5.32 Å². The quantitative estimate of drug-likeness (QED) is 0.740. The average molecular weight is 272 g/mol. The Bertz CT molecular complexity index is 253. The maximum absolute atomic E-state index is 12.0. The normalized spacial score (nSPS) is 18.4. The minimum atomic E-state index is 0.0281. The lowest BCUT2D eigenvalue weighted by Gasteiger charge is -2.32. The molecule has 1 aliphatic rings. The minimum absolute atomic E-state index is 0.0281. The summed E-state index contributed by atoms with van der Waals surface area (Å²) in [5.41, 5.74) is 0. The van der Waals surface area contributed by atoms with Crippen molar-refractivity contribution in [3.05, 3.63) is 0 Å². The molecule has 1 fully saturated rings. The highest BCUT2D eigenvalue weighted by atomic mass is 16.5. The van der Waals surface area contributed by atoms with Crippen molar-refractivity contribution in [3.8, 4) is 0 Å². The van der Waals surface area contributed by atoms with E-state index in [2.05, 4.69) is 5.32 Å². The first-order chi connectivity index (χ1) is 9.17. The minimum Gasteiger partial charge on any atom is -0.396 e. The van der Waals surface area contributed by atoms with Crippen LogP contribution >= 0.6 is 0 Å². The molecule has 19 heavy (non-hydrogen) atoms. The van der Waals surface area contributed by atoms with Gasteiger partial charge in [-0.2, -0.15) is 0 Å². The maximum Gasteiger partial charge on any atom is 0.317 e. The van der Waals surface area contributed by atoms with Crippen LogP contribution in [0, 0.1) is 5.92 Å². The van der Waals surface area contributed by atoms with Crippen LogP contribution in [0.3, 0.4) is 0 Å². The zero-order valence-corrected chi connectivity index (χ0v) is 12.2. The van der Waals surface area contributed by atoms with E-state index in [9.17, 15) is 4.79 Å². The Kier molecular flexibility index (Phi) is 7.82. The summed E-state index contributed by atoms with van der Waals surface area (Å²) in [6.45, 7) is 7.39. The van der Waals surface area contributed by atoms with Crippen molar-refractivity contribution in [3.63, 3.8) is 0 Å². The van der Waals surface area contributed by atoms with Crippen LogP contribution in [0.4, 0.5) is 4.79 Å². The van der Waals surface area contributed by atoms with Crippen LogP contribution in [-0.2, 0) is 4.74 Å². The number of nitrogens with one attached hydrogen (secondary N) is 1. The van der Waals surface area contributed by atoms with Crippen LogP contribution in [0.5, 0.6) is 0 Å². The number of nitrogens with zero attached hydrogens (tertiary/aromatic N) is 1. The maximum atomic E-state index is 12.0. The molecule has 2 N–H and O–H groups in total. The highest BCUT2D eigenvalue weighted by Gasteiger charge is 2.23. The van der Waals surface area contributed by atoms with E-state index in [0.717, 1.165) is 52.0 Å². The predicted molar refractivity (Wildman–Crippen MR) is 75.1 cm³/mol. The second-order valence-corrected chi connectivity index (χ2v) is 5.31. The molecule has 0 bridgehead atoms. The molecule has 2 amide bonds. The van der Waals surface area contributed by atoms with Gasteiger partial charge >= 0.3 is 6.03 Å². The van der Waals surface area contributed by atoms with Gasteiger partial charge < -0.3 is 20.1 Å². The molecule has 0 aromatic carbocycles. The van der Waals surface area contributed by atoms with Gasteiger partial charge in [-0.05, 0) is 45.4 Å². The van der Waals surface area contributed by atoms with Gasteiger partial charge in [0.15, 0.2) is 0 Å². The third-order valence-electron chi connectivity index (χ3n) is 3.62. The molecular weight excluding hydrogens is 244 g/mol. The van der Waals surface area contributed by atoms with Crippen molar-refractivity contribution in [1.29, 1.82) is 0 Å². The molecular formula is C14H28N2O3. The van der Waals surface area contributed by atoms with Crippen molar-refractivity contribution in [2.75, 3.05) is 32.9 Å². The molecule has 1 saturated heterocycles. The van der Waals surface area contributed by atoms with E-state index in [1.54, 1.807) is 0 Å². The van der Waals surface area contributed by atoms with Crippen molar-refractivity contribution in [2.45, 2.75) is 45.6 Å². The Morgan fingerprint density at radius 1 is 1.47 bits per heavy atom. The molecule has 0 aromatic heterocycles. The summed E-state index contributed by atoms with van der Waals surface area (Å²) in [4.78, 5) is 13.9. The molecule has 0 aliphatic carbocycles. The number of urea groups is 1. The zero-order chi connectivity index (χ0) is 14.1. The number of rotatable bonds is 7. The third kappa shape index (κ3) is 6.25. The van der Waals surface area contributed by atoms with E-state index in [1.165, 1.54) is 0 Å². The first-order valence-corrected chi connectivity index (χ1v) is 7.41. The van der Waals surface area contributed by atoms with Gasteiger partial charge in [0.1, 0.15) is 0 Å². The highest BCUT2D eigenvalue weighted by Crippen LogP contribution is 2.17. The lowest BCUT2D eigenvalue weighted by molar-refractivity contribution is 0.0799. The van der Waals surface area contributed by atoms with Crippen LogP contribution in [0.25, 0.3) is 0 Å². The van der Waals surface area contributed by atoms with Gasteiger partial charge in [0.2, 0.25) is 0 Å². The first-order valence-electron chi connectivity index (χ1n) is 7.41. The van der Waals surface area contributed by atoms with E-state index in [1.807, 2.05) is 18.7 Å². The molecule has 1 heterocycles. The number of aliphatic hydroxyl groups is 1. The predicted octanol–water partition coefficient (Wildman–Crippen LogP) is 1.61. The van der Waals surface area contributed by atoms with E-state index in [0.29, 0.717) is 5.92 Å². The fraction of sp³-hybridized carbons (Fsp3) is 0.929. The standard InChI is InChI=1S/C14H28N2O3/c1-3-19-11-13-6-8-16(9-7-13)14(18)15-12(2)5-4-10-17/h12-13,17H,3-11H2,1-2H3,(H,15,18). The summed E-state index contributed by atoms with van der Waals surface area (Å²) < 4.78 is 5.43. The number of carbonyl (C=O) groups excluding carboxylic acids is 1. The summed E-state index contributed by atoms with van der Waals surface area (Å²) in [5, 5.41) is 11.8. The average Bonchev–Trinajstić information content (AvgIpc) is 2.43. The molecule has 5 heteroatoms. The fourth-order valence-corrected chi connectivity index (χ4v) is 2.36. The molecule has 1 rings (SSSR count). The lowest BCUT2D eigenvalue weighted by atomic mass is 9.98. The van der Waals surface area contributed by atoms with Crippen LogP contribution in [0.1, 0.15) is 39.5 Å². The van der Waals surface area contributed by atoms with Crippen LogP contribution in [0.2, 0.25) is 0 Å². The first kappa shape index (κ1) is 16.2. The number of aliphatic hydroxyl groups excluding tert-OH is 1. The SMILES string of the molecule is CCOCC1CCN(C(=O)NC(C)CCCO)CC1. The van der Waals surface area contributed by atoms with Crippen LogP contribution in [-0.4, -0.2) is 55.0 Å². The highest BCUT2D eigenvalue weighted by molar-refractivity contribution is 5.74. The summed E-state index contributed by atoms with van der Waals surface area (Å²) >= 11 is 0.